The van der Waals surface area contributed by atoms with E-state index in [4.69, 9.17) is 24.5 Å². The minimum absolute atomic E-state index is 0.0769. The van der Waals surface area contributed by atoms with E-state index in [1.807, 2.05) is 0 Å². The summed E-state index contributed by atoms with van der Waals surface area (Å²) in [5, 5.41) is 3.48. The number of nitrogens with zero attached hydrogens (tertiary/aromatic N) is 3. The van der Waals surface area contributed by atoms with E-state index in [1.54, 1.807) is 0 Å². The van der Waals surface area contributed by atoms with Gasteiger partial charge in [0.1, 0.15) is 24.9 Å². The van der Waals surface area contributed by atoms with Gasteiger partial charge < -0.3 is 18.9 Å². The van der Waals surface area contributed by atoms with Crippen LogP contribution in [0.4, 0.5) is 0 Å². The first-order chi connectivity index (χ1) is 10.3. The molecule has 0 amide bonds. The Morgan fingerprint density at radius 3 is 2.32 bits per heavy atom. The summed E-state index contributed by atoms with van der Waals surface area (Å²) < 4.78 is 20.3. The zero-order valence-corrected chi connectivity index (χ0v) is 12.4. The van der Waals surface area contributed by atoms with Crippen LogP contribution in [0.2, 0.25) is 0 Å². The highest BCUT2D eigenvalue weighted by Gasteiger charge is 2.41. The topological polar surface area (TPSA) is 137 Å². The normalized spacial score (nSPS) is 27.2. The zero-order valence-electron chi connectivity index (χ0n) is 12.4. The van der Waals surface area contributed by atoms with E-state index < -0.39 is 42.4 Å². The number of ether oxygens (including phenoxy) is 4. The fraction of sp³-hybridized carbons (Fsp3) is 0.750. The van der Waals surface area contributed by atoms with E-state index in [0.29, 0.717) is 0 Å². The van der Waals surface area contributed by atoms with Gasteiger partial charge in [-0.05, 0) is 5.53 Å². The summed E-state index contributed by atoms with van der Waals surface area (Å²) in [6.07, 6.45) is -2.68. The Hall–Kier alpha value is -2.32. The van der Waals surface area contributed by atoms with Gasteiger partial charge in [0.25, 0.3) is 0 Å². The third kappa shape index (κ3) is 5.58. The maximum atomic E-state index is 11.1. The van der Waals surface area contributed by atoms with Gasteiger partial charge in [-0.1, -0.05) is 5.11 Å². The maximum Gasteiger partial charge on any atom is 0.304 e. The molecular formula is C12H17N3O7. The quantitative estimate of drug-likeness (QED) is 0.241. The third-order valence-corrected chi connectivity index (χ3v) is 2.76. The average molecular weight is 315 g/mol. The zero-order chi connectivity index (χ0) is 16.7. The minimum Gasteiger partial charge on any atom is -0.463 e. The second-order valence-electron chi connectivity index (χ2n) is 4.61. The lowest BCUT2D eigenvalue weighted by Gasteiger charge is -2.38. The minimum atomic E-state index is -1.14. The van der Waals surface area contributed by atoms with Crippen LogP contribution in [0.3, 0.4) is 0 Å². The Kier molecular flexibility index (Phi) is 6.61. The number of carbonyl (C=O) groups excluding carboxylic acids is 3. The molecule has 0 aromatic heterocycles. The first-order valence-electron chi connectivity index (χ1n) is 6.51. The Bertz CT molecular complexity index is 489. The molecule has 0 aromatic rings. The predicted octanol–water partition coefficient (Wildman–Crippen LogP) is 0.838. The molecule has 10 nitrogen and oxygen atoms in total. The Balaban J connectivity index is 2.89. The molecule has 1 unspecified atom stereocenters. The highest BCUT2D eigenvalue weighted by atomic mass is 16.7. The summed E-state index contributed by atoms with van der Waals surface area (Å²) in [6, 6.07) is -0.855. The molecule has 0 radical (unpaired) electrons. The predicted molar refractivity (Wildman–Crippen MR) is 70.2 cm³/mol. The largest absolute Gasteiger partial charge is 0.463 e. The lowest BCUT2D eigenvalue weighted by molar-refractivity contribution is -0.239. The average Bonchev–Trinajstić information content (AvgIpc) is 2.39. The molecule has 0 aromatic carbocycles. The smallest absolute Gasteiger partial charge is 0.304 e. The lowest BCUT2D eigenvalue weighted by Crippen LogP contribution is -2.51. The molecule has 0 spiro atoms. The van der Waals surface area contributed by atoms with E-state index in [0.717, 1.165) is 0 Å². The van der Waals surface area contributed by atoms with Crippen LogP contribution in [0.5, 0.6) is 0 Å². The van der Waals surface area contributed by atoms with Crippen molar-refractivity contribution < 1.29 is 33.3 Å². The van der Waals surface area contributed by atoms with Gasteiger partial charge in [-0.2, -0.15) is 0 Å². The van der Waals surface area contributed by atoms with E-state index >= 15 is 0 Å². The first-order valence-corrected chi connectivity index (χ1v) is 6.51. The van der Waals surface area contributed by atoms with Crippen molar-refractivity contribution in [2.75, 3.05) is 6.61 Å². The van der Waals surface area contributed by atoms with E-state index in [9.17, 15) is 14.4 Å². The molecule has 1 heterocycles. The molecule has 1 saturated heterocycles. The van der Waals surface area contributed by atoms with Crippen LogP contribution in [0.1, 0.15) is 27.2 Å². The monoisotopic (exact) mass is 315 g/mol. The van der Waals surface area contributed by atoms with Gasteiger partial charge in [0.05, 0.1) is 0 Å². The maximum absolute atomic E-state index is 11.1. The summed E-state index contributed by atoms with van der Waals surface area (Å²) in [7, 11) is 0. The second-order valence-corrected chi connectivity index (χ2v) is 4.61. The van der Waals surface area contributed by atoms with Crippen molar-refractivity contribution in [3.05, 3.63) is 10.4 Å². The number of hydrogen-bond donors (Lipinski definition) is 0. The van der Waals surface area contributed by atoms with Gasteiger partial charge >= 0.3 is 17.9 Å². The van der Waals surface area contributed by atoms with Crippen molar-refractivity contribution in [2.45, 2.75) is 51.7 Å². The molecule has 122 valence electrons. The van der Waals surface area contributed by atoms with Crippen LogP contribution in [0, 0.1) is 0 Å². The third-order valence-electron chi connectivity index (χ3n) is 2.76. The van der Waals surface area contributed by atoms with Gasteiger partial charge in [-0.15, -0.1) is 0 Å². The van der Waals surface area contributed by atoms with Crippen molar-refractivity contribution in [1.29, 1.82) is 0 Å². The SMILES string of the molecule is CC(=O)OC[C@H]1OC(OC(C)=O)[C@H](N=[N+]=[N-])C[C@@H]1OC(C)=O. The molecule has 1 aliphatic rings. The van der Waals surface area contributed by atoms with Crippen molar-refractivity contribution in [3.63, 3.8) is 0 Å². The lowest BCUT2D eigenvalue weighted by atomic mass is 10.0. The van der Waals surface area contributed by atoms with E-state index in [-0.39, 0.29) is 13.0 Å². The molecule has 4 atom stereocenters. The van der Waals surface area contributed by atoms with Gasteiger partial charge in [-0.3, -0.25) is 14.4 Å². The summed E-state index contributed by atoms with van der Waals surface area (Å²) in [5.74, 6) is -1.72. The van der Waals surface area contributed by atoms with Crippen LogP contribution >= 0.6 is 0 Å². The molecule has 0 N–H and O–H groups in total. The summed E-state index contributed by atoms with van der Waals surface area (Å²) in [4.78, 5) is 35.8. The Morgan fingerprint density at radius 1 is 1.18 bits per heavy atom. The van der Waals surface area contributed by atoms with Gasteiger partial charge in [0, 0.05) is 32.1 Å². The fourth-order valence-electron chi connectivity index (χ4n) is 1.97. The number of esters is 3. The molecule has 1 rings (SSSR count). The van der Waals surface area contributed by atoms with Crippen LogP contribution in [-0.2, 0) is 33.3 Å². The standard InChI is InChI=1S/C12H17N3O7/c1-6(16)19-5-11-10(20-7(2)17)4-9(14-15-13)12(22-11)21-8(3)18/h9-12H,4-5H2,1-3H3/t9-,10+,11-,12?/m1/s1. The molecule has 22 heavy (non-hydrogen) atoms. The van der Waals surface area contributed by atoms with Crippen LogP contribution < -0.4 is 0 Å². The molecule has 10 heteroatoms. The van der Waals surface area contributed by atoms with Crippen LogP contribution in [0.15, 0.2) is 5.11 Å². The van der Waals surface area contributed by atoms with Crippen molar-refractivity contribution in [1.82, 2.24) is 0 Å². The molecule has 1 fully saturated rings. The van der Waals surface area contributed by atoms with Crippen LogP contribution in [0.25, 0.3) is 10.4 Å². The Morgan fingerprint density at radius 2 is 1.82 bits per heavy atom. The summed E-state index contributed by atoms with van der Waals surface area (Å²) in [5.41, 5.74) is 8.57. The van der Waals surface area contributed by atoms with Gasteiger partial charge in [0.2, 0.25) is 6.29 Å². The highest BCUT2D eigenvalue weighted by Crippen LogP contribution is 2.26. The first kappa shape index (κ1) is 17.7. The highest BCUT2D eigenvalue weighted by molar-refractivity contribution is 5.67. The van der Waals surface area contributed by atoms with Gasteiger partial charge in [0.15, 0.2) is 0 Å². The second kappa shape index (κ2) is 8.20. The van der Waals surface area contributed by atoms with Crippen molar-refractivity contribution >= 4 is 17.9 Å². The summed E-state index contributed by atoms with van der Waals surface area (Å²) >= 11 is 0. The number of hydrogen-bond acceptors (Lipinski definition) is 8. The van der Waals surface area contributed by atoms with Crippen molar-refractivity contribution in [2.24, 2.45) is 5.11 Å². The molecular weight excluding hydrogens is 298 g/mol. The molecule has 0 saturated carbocycles. The van der Waals surface area contributed by atoms with E-state index in [2.05, 4.69) is 10.0 Å². The number of carbonyl (C=O) groups is 3. The molecule has 0 bridgehead atoms. The summed E-state index contributed by atoms with van der Waals surface area (Å²) in [6.45, 7) is 3.42. The van der Waals surface area contributed by atoms with E-state index in [1.165, 1.54) is 20.8 Å². The number of rotatable bonds is 5. The Labute approximate surface area is 126 Å². The fourth-order valence-corrected chi connectivity index (χ4v) is 1.97. The molecule has 1 aliphatic heterocycles. The number of azide groups is 1. The van der Waals surface area contributed by atoms with Crippen LogP contribution in [-0.4, -0.2) is 49.1 Å². The van der Waals surface area contributed by atoms with Gasteiger partial charge in [-0.25, -0.2) is 0 Å². The van der Waals surface area contributed by atoms with Crippen molar-refractivity contribution in [3.8, 4) is 0 Å². The molecule has 0 aliphatic carbocycles.